The fraction of sp³-hybridized carbons (Fsp3) is 0.867. The molecule has 0 saturated carbocycles. The van der Waals surface area contributed by atoms with Crippen LogP contribution >= 0.6 is 0 Å². The summed E-state index contributed by atoms with van der Waals surface area (Å²) >= 11 is 0. The predicted octanol–water partition coefficient (Wildman–Crippen LogP) is 5.70. The van der Waals surface area contributed by atoms with Gasteiger partial charge in [-0.25, -0.2) is 0 Å². The van der Waals surface area contributed by atoms with Crippen LogP contribution in [0.5, 0.6) is 0 Å². The van der Waals surface area contributed by atoms with Crippen molar-refractivity contribution in [2.45, 2.75) is 113 Å². The minimum Gasteiger partial charge on any atom is -0.469 e. The number of rotatable bonds is 18. The lowest BCUT2D eigenvalue weighted by Crippen LogP contribution is -2.44. The first kappa shape index (κ1) is 33.9. The smallest absolute Gasteiger partial charge is 0.311 e. The third-order valence-corrected chi connectivity index (χ3v) is 8.18. The molecule has 1 rings (SSSR count). The lowest BCUT2D eigenvalue weighted by Gasteiger charge is -2.39. The Hall–Kier alpha value is -2.12. The van der Waals surface area contributed by atoms with Crippen molar-refractivity contribution in [2.75, 3.05) is 33.4 Å². The van der Waals surface area contributed by atoms with E-state index < -0.39 is 28.2 Å². The summed E-state index contributed by atoms with van der Waals surface area (Å²) in [7, 11) is 1.32. The maximum absolute atomic E-state index is 13.3. The van der Waals surface area contributed by atoms with Crippen LogP contribution in [0.1, 0.15) is 113 Å². The molecular weight excluding hydrogens is 486 g/mol. The average molecular weight is 540 g/mol. The number of unbranched alkanes of at least 4 members (excludes halogenated alkanes) is 1. The Morgan fingerprint density at radius 1 is 0.895 bits per heavy atom. The van der Waals surface area contributed by atoms with Gasteiger partial charge in [0.25, 0.3) is 0 Å². The Balaban J connectivity index is 2.87. The van der Waals surface area contributed by atoms with Crippen molar-refractivity contribution in [3.8, 4) is 0 Å². The molecule has 1 aliphatic heterocycles. The van der Waals surface area contributed by atoms with Gasteiger partial charge in [0, 0.05) is 13.0 Å². The summed E-state index contributed by atoms with van der Waals surface area (Å²) in [5.74, 6) is -0.630. The molecule has 0 radical (unpaired) electrons. The summed E-state index contributed by atoms with van der Waals surface area (Å²) in [5, 5.41) is 0. The van der Waals surface area contributed by atoms with Crippen molar-refractivity contribution < 1.29 is 33.4 Å². The summed E-state index contributed by atoms with van der Waals surface area (Å²) < 4.78 is 16.4. The molecule has 1 heterocycles. The highest BCUT2D eigenvalue weighted by Crippen LogP contribution is 2.45. The van der Waals surface area contributed by atoms with Gasteiger partial charge < -0.3 is 19.1 Å². The van der Waals surface area contributed by atoms with E-state index in [9.17, 15) is 19.2 Å². The quantitative estimate of drug-likeness (QED) is 0.163. The molecule has 8 heteroatoms. The number of esters is 3. The normalized spacial score (nSPS) is 17.9. The van der Waals surface area contributed by atoms with E-state index in [4.69, 9.17) is 14.2 Å². The fourth-order valence-electron chi connectivity index (χ4n) is 5.63. The maximum Gasteiger partial charge on any atom is 0.311 e. The number of carbonyl (C=O) groups excluding carboxylic acids is 4. The van der Waals surface area contributed by atoms with Crippen LogP contribution in [0.3, 0.4) is 0 Å². The molecule has 8 nitrogen and oxygen atoms in total. The van der Waals surface area contributed by atoms with Gasteiger partial charge in [-0.2, -0.15) is 0 Å². The van der Waals surface area contributed by atoms with Crippen LogP contribution < -0.4 is 0 Å². The van der Waals surface area contributed by atoms with Gasteiger partial charge in [-0.15, -0.1) is 0 Å². The van der Waals surface area contributed by atoms with E-state index in [1.807, 2.05) is 13.8 Å². The topological polar surface area (TPSA) is 99.2 Å². The second kappa shape index (κ2) is 15.5. The molecule has 3 atom stereocenters. The van der Waals surface area contributed by atoms with Crippen molar-refractivity contribution in [1.82, 2.24) is 4.90 Å². The lowest BCUT2D eigenvalue weighted by atomic mass is 9.65. The van der Waals surface area contributed by atoms with Crippen LogP contribution in [-0.4, -0.2) is 62.1 Å². The summed E-state index contributed by atoms with van der Waals surface area (Å²) in [6, 6.07) is 0. The van der Waals surface area contributed by atoms with E-state index >= 15 is 0 Å². The molecule has 0 bridgehead atoms. The Morgan fingerprint density at radius 3 is 2.08 bits per heavy atom. The van der Waals surface area contributed by atoms with E-state index in [1.165, 1.54) is 13.5 Å². The van der Waals surface area contributed by atoms with Gasteiger partial charge in [0.05, 0.1) is 36.5 Å². The van der Waals surface area contributed by atoms with Crippen LogP contribution in [0.25, 0.3) is 0 Å². The minimum atomic E-state index is -1.11. The number of carbonyl (C=O) groups is 4. The molecule has 1 saturated heterocycles. The first-order chi connectivity index (χ1) is 17.8. The molecule has 220 valence electrons. The summed E-state index contributed by atoms with van der Waals surface area (Å²) in [6.45, 7) is 14.8. The summed E-state index contributed by atoms with van der Waals surface area (Å²) in [6.07, 6.45) is 7.53. The van der Waals surface area contributed by atoms with Gasteiger partial charge >= 0.3 is 17.9 Å². The van der Waals surface area contributed by atoms with E-state index in [-0.39, 0.29) is 31.3 Å². The third-order valence-electron chi connectivity index (χ3n) is 8.18. The van der Waals surface area contributed by atoms with E-state index in [0.717, 1.165) is 32.1 Å². The number of amides is 1. The van der Waals surface area contributed by atoms with Gasteiger partial charge in [-0.3, -0.25) is 19.2 Å². The number of methoxy groups -OCH3 is 1. The van der Waals surface area contributed by atoms with Gasteiger partial charge in [0.15, 0.2) is 0 Å². The monoisotopic (exact) mass is 539 g/mol. The molecule has 0 aromatic heterocycles. The average Bonchev–Trinajstić information content (AvgIpc) is 3.28. The van der Waals surface area contributed by atoms with Crippen LogP contribution in [0.4, 0.5) is 0 Å². The zero-order valence-corrected chi connectivity index (χ0v) is 25.3. The van der Waals surface area contributed by atoms with Crippen molar-refractivity contribution in [2.24, 2.45) is 22.2 Å². The van der Waals surface area contributed by atoms with Crippen molar-refractivity contribution in [3.05, 3.63) is 0 Å². The molecule has 0 spiro atoms. The summed E-state index contributed by atoms with van der Waals surface area (Å²) in [4.78, 5) is 52.8. The zero-order chi connectivity index (χ0) is 29.0. The predicted molar refractivity (Wildman–Crippen MR) is 147 cm³/mol. The highest BCUT2D eigenvalue weighted by Gasteiger charge is 2.49. The number of hydrogen-bond acceptors (Lipinski definition) is 7. The third kappa shape index (κ3) is 9.88. The van der Waals surface area contributed by atoms with E-state index in [0.29, 0.717) is 38.5 Å². The first-order valence-corrected chi connectivity index (χ1v) is 14.5. The molecule has 3 unspecified atom stereocenters. The molecule has 1 amide bonds. The van der Waals surface area contributed by atoms with Gasteiger partial charge in [-0.1, -0.05) is 46.5 Å². The number of ether oxygens (including phenoxy) is 3. The maximum atomic E-state index is 13.3. The lowest BCUT2D eigenvalue weighted by molar-refractivity contribution is -0.167. The molecule has 1 fully saturated rings. The molecule has 1 aliphatic rings. The van der Waals surface area contributed by atoms with Crippen molar-refractivity contribution >= 4 is 23.8 Å². The minimum absolute atomic E-state index is 0.0792. The standard InChI is InChI=1S/C30H53NO7/c1-9-12-14-23(10-2)16-19-37-27(35)29(6,11-3)22-30(7,26(34)36-8)21-28(4,5)25(33)38-20-18-31-17-13-15-24(31)32/h23H,9-22H2,1-8H3. The molecule has 0 aromatic rings. The van der Waals surface area contributed by atoms with Crippen LogP contribution in [0, 0.1) is 22.2 Å². The Morgan fingerprint density at radius 2 is 1.55 bits per heavy atom. The second-order valence-corrected chi connectivity index (χ2v) is 12.2. The largest absolute Gasteiger partial charge is 0.469 e. The van der Waals surface area contributed by atoms with Gasteiger partial charge in [0.1, 0.15) is 6.61 Å². The van der Waals surface area contributed by atoms with Crippen molar-refractivity contribution in [3.63, 3.8) is 0 Å². The number of likely N-dealkylation sites (tertiary alicyclic amines) is 1. The van der Waals surface area contributed by atoms with Crippen LogP contribution in [-0.2, 0) is 33.4 Å². The Kier molecular flexibility index (Phi) is 13.8. The van der Waals surface area contributed by atoms with E-state index in [1.54, 1.807) is 25.7 Å². The van der Waals surface area contributed by atoms with E-state index in [2.05, 4.69) is 13.8 Å². The van der Waals surface area contributed by atoms with Crippen molar-refractivity contribution in [1.29, 1.82) is 0 Å². The Labute approximate surface area is 230 Å². The van der Waals surface area contributed by atoms with Crippen LogP contribution in [0.15, 0.2) is 0 Å². The summed E-state index contributed by atoms with van der Waals surface area (Å²) in [5.41, 5.74) is -3.03. The SMILES string of the molecule is CCCCC(CC)CCOC(=O)C(C)(CC)CC(C)(CC(C)(C)C(=O)OCCN1CCCC1=O)C(=O)OC. The Bertz CT molecular complexity index is 795. The first-order valence-electron chi connectivity index (χ1n) is 14.5. The molecule has 0 aliphatic carbocycles. The number of nitrogens with zero attached hydrogens (tertiary/aromatic N) is 1. The highest BCUT2D eigenvalue weighted by atomic mass is 16.5. The second-order valence-electron chi connectivity index (χ2n) is 12.2. The fourth-order valence-corrected chi connectivity index (χ4v) is 5.63. The van der Waals surface area contributed by atoms with Gasteiger partial charge in [0.2, 0.25) is 5.91 Å². The molecule has 0 aromatic carbocycles. The molecule has 38 heavy (non-hydrogen) atoms. The number of hydrogen-bond donors (Lipinski definition) is 0. The molecule has 0 N–H and O–H groups in total. The van der Waals surface area contributed by atoms with Crippen LogP contribution in [0.2, 0.25) is 0 Å². The zero-order valence-electron chi connectivity index (χ0n) is 25.3. The van der Waals surface area contributed by atoms with Gasteiger partial charge in [-0.05, 0) is 65.7 Å². The molecular formula is C30H53NO7. The highest BCUT2D eigenvalue weighted by molar-refractivity contribution is 5.82.